The molecule has 0 spiro atoms. The normalized spacial score (nSPS) is 11.2. The van der Waals surface area contributed by atoms with E-state index in [2.05, 4.69) is 49.0 Å². The predicted octanol–water partition coefficient (Wildman–Crippen LogP) is 7.55. The molecule has 4 nitrogen and oxygen atoms in total. The number of halogens is 2. The van der Waals surface area contributed by atoms with Crippen molar-refractivity contribution in [3.05, 3.63) is 86.2 Å². The van der Waals surface area contributed by atoms with E-state index in [1.54, 1.807) is 11.3 Å². The first-order valence-electron chi connectivity index (χ1n) is 10.1. The van der Waals surface area contributed by atoms with E-state index in [4.69, 9.17) is 10.7 Å². The predicted molar refractivity (Wildman–Crippen MR) is 145 cm³/mol. The van der Waals surface area contributed by atoms with Crippen molar-refractivity contribution in [3.63, 3.8) is 0 Å². The zero-order chi connectivity index (χ0) is 22.9. The Balaban J connectivity index is 1.43. The van der Waals surface area contributed by atoms with Gasteiger partial charge in [-0.2, -0.15) is 0 Å². The van der Waals surface area contributed by atoms with Gasteiger partial charge in [0.05, 0.1) is 27.2 Å². The minimum Gasteiger partial charge on any atom is -0.375 e. The summed E-state index contributed by atoms with van der Waals surface area (Å²) in [7, 11) is 0. The summed E-state index contributed by atoms with van der Waals surface area (Å²) in [5.41, 5.74) is 10.6. The zero-order valence-corrected chi connectivity index (χ0v) is 22.0. The Morgan fingerprint density at radius 2 is 1.48 bits per heavy atom. The third-order valence-electron chi connectivity index (χ3n) is 5.11. The summed E-state index contributed by atoms with van der Waals surface area (Å²) in [6.07, 6.45) is 0.655. The molecule has 8 heteroatoms. The molecule has 0 saturated heterocycles. The molecule has 5 aromatic rings. The third-order valence-corrected chi connectivity index (χ3v) is 8.12. The molecule has 0 bridgehead atoms. The van der Waals surface area contributed by atoms with E-state index in [9.17, 15) is 4.79 Å². The van der Waals surface area contributed by atoms with Gasteiger partial charge in [-0.05, 0) is 47.5 Å². The minimum atomic E-state index is 0.130. The number of nitrogens with two attached hydrogens (primary N) is 1. The summed E-state index contributed by atoms with van der Waals surface area (Å²) in [5, 5.41) is 1.36. The first-order chi connectivity index (χ1) is 15.9. The highest BCUT2D eigenvalue weighted by atomic mass is 79.9. The molecule has 0 aliphatic rings. The first-order valence-corrected chi connectivity index (χ1v) is 13.3. The number of fused-ring (bicyclic) bond motifs is 1. The average molecular weight is 599 g/mol. The van der Waals surface area contributed by atoms with E-state index in [1.807, 2.05) is 54.6 Å². The van der Waals surface area contributed by atoms with Gasteiger partial charge in [-0.15, -0.1) is 11.3 Å². The largest absolute Gasteiger partial charge is 0.375 e. The number of hydrogen-bond acceptors (Lipinski definition) is 6. The molecule has 0 unspecified atom stereocenters. The fourth-order valence-corrected chi connectivity index (χ4v) is 6.04. The molecule has 0 radical (unpaired) electrons. The molecule has 3 aromatic carbocycles. The second-order valence-electron chi connectivity index (χ2n) is 7.55. The van der Waals surface area contributed by atoms with Crippen molar-refractivity contribution in [1.29, 1.82) is 0 Å². The van der Waals surface area contributed by atoms with Gasteiger partial charge in [0.25, 0.3) is 0 Å². The Bertz CT molecular complexity index is 1390. The molecule has 0 fully saturated rings. The molecule has 2 aromatic heterocycles. The van der Waals surface area contributed by atoms with E-state index in [0.29, 0.717) is 18.0 Å². The van der Waals surface area contributed by atoms with Crippen molar-refractivity contribution < 1.29 is 4.79 Å². The van der Waals surface area contributed by atoms with E-state index in [1.165, 1.54) is 11.3 Å². The SMILES string of the molecule is Nc1nc2ccc(CC(=O)Cc3nc(-c4ccc(Br)cc4)c(-c4ccc(Br)cc4)s3)cc2s1. The molecule has 5 rings (SSSR count). The van der Waals surface area contributed by atoms with Gasteiger partial charge in [0, 0.05) is 20.9 Å². The standard InChI is InChI=1S/C25H17Br2N3OS2/c26-17-6-2-15(3-7-17)23-24(16-4-8-18(27)9-5-16)33-22(30-23)13-19(31)11-14-1-10-20-21(12-14)32-25(28)29-20/h1-10,12H,11,13H2,(H2,28,29). The van der Waals surface area contributed by atoms with Crippen LogP contribution in [0.2, 0.25) is 0 Å². The van der Waals surface area contributed by atoms with E-state index in [0.717, 1.165) is 51.4 Å². The quantitative estimate of drug-likeness (QED) is 0.219. The summed E-state index contributed by atoms with van der Waals surface area (Å²) < 4.78 is 3.04. The summed E-state index contributed by atoms with van der Waals surface area (Å²) in [6.45, 7) is 0. The lowest BCUT2D eigenvalue weighted by atomic mass is 10.1. The Morgan fingerprint density at radius 3 is 2.18 bits per heavy atom. The highest BCUT2D eigenvalue weighted by Gasteiger charge is 2.17. The topological polar surface area (TPSA) is 68.9 Å². The maximum atomic E-state index is 12.9. The number of ketones is 1. The molecule has 0 amide bonds. The van der Waals surface area contributed by atoms with Crippen molar-refractivity contribution in [3.8, 4) is 21.7 Å². The average Bonchev–Trinajstić information content (AvgIpc) is 3.37. The summed E-state index contributed by atoms with van der Waals surface area (Å²) in [6, 6.07) is 22.2. The van der Waals surface area contributed by atoms with E-state index >= 15 is 0 Å². The fourth-order valence-electron chi connectivity index (χ4n) is 3.60. The Labute approximate surface area is 215 Å². The number of aromatic nitrogens is 2. The van der Waals surface area contributed by atoms with E-state index in [-0.39, 0.29) is 5.78 Å². The van der Waals surface area contributed by atoms with Crippen LogP contribution in [0.25, 0.3) is 31.9 Å². The number of anilines is 1. The van der Waals surface area contributed by atoms with Gasteiger partial charge in [-0.1, -0.05) is 73.5 Å². The number of carbonyl (C=O) groups excluding carboxylic acids is 1. The number of rotatable bonds is 6. The molecule has 0 atom stereocenters. The van der Waals surface area contributed by atoms with Crippen LogP contribution < -0.4 is 5.73 Å². The van der Waals surface area contributed by atoms with Gasteiger partial charge >= 0.3 is 0 Å². The van der Waals surface area contributed by atoms with Crippen LogP contribution in [0.4, 0.5) is 5.13 Å². The van der Waals surface area contributed by atoms with Crippen LogP contribution in [0.5, 0.6) is 0 Å². The van der Waals surface area contributed by atoms with Crippen LogP contribution in [0.1, 0.15) is 10.6 Å². The van der Waals surface area contributed by atoms with Gasteiger partial charge in [0.15, 0.2) is 5.13 Å². The summed E-state index contributed by atoms with van der Waals surface area (Å²) >= 11 is 10.0. The van der Waals surface area contributed by atoms with E-state index < -0.39 is 0 Å². The maximum absolute atomic E-state index is 12.9. The summed E-state index contributed by atoms with van der Waals surface area (Å²) in [5.74, 6) is 0.130. The van der Waals surface area contributed by atoms with Crippen molar-refractivity contribution in [2.45, 2.75) is 12.8 Å². The summed E-state index contributed by atoms with van der Waals surface area (Å²) in [4.78, 5) is 23.2. The van der Waals surface area contributed by atoms with Gasteiger partial charge in [-0.25, -0.2) is 9.97 Å². The molecule has 0 aliphatic heterocycles. The number of nitrogens with zero attached hydrogens (tertiary/aromatic N) is 2. The monoisotopic (exact) mass is 597 g/mol. The number of hydrogen-bond donors (Lipinski definition) is 1. The lowest BCUT2D eigenvalue weighted by Gasteiger charge is -2.03. The highest BCUT2D eigenvalue weighted by molar-refractivity contribution is 9.10. The highest BCUT2D eigenvalue weighted by Crippen LogP contribution is 2.38. The first kappa shape index (κ1) is 22.4. The van der Waals surface area contributed by atoms with Crippen LogP contribution in [0.3, 0.4) is 0 Å². The third kappa shape index (κ3) is 5.09. The van der Waals surface area contributed by atoms with Crippen molar-refractivity contribution in [2.24, 2.45) is 0 Å². The maximum Gasteiger partial charge on any atom is 0.181 e. The molecule has 164 valence electrons. The van der Waals surface area contributed by atoms with Gasteiger partial charge in [-0.3, -0.25) is 4.79 Å². The molecule has 0 saturated carbocycles. The van der Waals surface area contributed by atoms with Gasteiger partial charge in [0.1, 0.15) is 10.8 Å². The molecule has 2 N–H and O–H groups in total. The lowest BCUT2D eigenvalue weighted by molar-refractivity contribution is -0.117. The number of nitrogen functional groups attached to an aromatic ring is 1. The number of thiazole rings is 2. The van der Waals surface area contributed by atoms with Crippen LogP contribution in [-0.2, 0) is 17.6 Å². The second kappa shape index (κ2) is 9.46. The lowest BCUT2D eigenvalue weighted by Crippen LogP contribution is -2.06. The number of benzene rings is 3. The Hall–Kier alpha value is -2.39. The fraction of sp³-hybridized carbons (Fsp3) is 0.0800. The smallest absolute Gasteiger partial charge is 0.181 e. The van der Waals surface area contributed by atoms with Crippen LogP contribution in [0.15, 0.2) is 75.7 Å². The molecule has 33 heavy (non-hydrogen) atoms. The van der Waals surface area contributed by atoms with Crippen LogP contribution >= 0.6 is 54.5 Å². The molecular formula is C25H17Br2N3OS2. The van der Waals surface area contributed by atoms with Crippen LogP contribution in [0, 0.1) is 0 Å². The number of carbonyl (C=O) groups is 1. The minimum absolute atomic E-state index is 0.130. The zero-order valence-electron chi connectivity index (χ0n) is 17.2. The Kier molecular flexibility index (Phi) is 6.42. The molecule has 2 heterocycles. The Morgan fingerprint density at radius 1 is 0.818 bits per heavy atom. The van der Waals surface area contributed by atoms with Gasteiger partial charge < -0.3 is 5.73 Å². The van der Waals surface area contributed by atoms with Crippen LogP contribution in [-0.4, -0.2) is 15.8 Å². The van der Waals surface area contributed by atoms with Crippen molar-refractivity contribution in [2.75, 3.05) is 5.73 Å². The van der Waals surface area contributed by atoms with Crippen molar-refractivity contribution >= 4 is 75.7 Å². The van der Waals surface area contributed by atoms with Gasteiger partial charge in [0.2, 0.25) is 0 Å². The second-order valence-corrected chi connectivity index (χ2v) is 11.5. The number of Topliss-reactive ketones (excluding diaryl/α,β-unsaturated/α-hetero) is 1. The van der Waals surface area contributed by atoms with Crippen molar-refractivity contribution in [1.82, 2.24) is 9.97 Å². The molecular weight excluding hydrogens is 582 g/mol. The molecule has 0 aliphatic carbocycles.